The molecule has 19 heavy (non-hydrogen) atoms. The lowest BCUT2D eigenvalue weighted by Crippen LogP contribution is -2.27. The summed E-state index contributed by atoms with van der Waals surface area (Å²) < 4.78 is 4.74. The van der Waals surface area contributed by atoms with E-state index in [1.54, 1.807) is 13.8 Å². The zero-order valence-electron chi connectivity index (χ0n) is 11.7. The van der Waals surface area contributed by atoms with Crippen molar-refractivity contribution in [1.29, 1.82) is 0 Å². The van der Waals surface area contributed by atoms with Crippen molar-refractivity contribution in [2.75, 3.05) is 26.7 Å². The van der Waals surface area contributed by atoms with Crippen LogP contribution >= 0.6 is 0 Å². The number of Topliss-reactive ketones (excluding diaryl/α,β-unsaturated/α-hetero) is 1. The van der Waals surface area contributed by atoms with Crippen LogP contribution in [-0.2, 0) is 4.74 Å². The van der Waals surface area contributed by atoms with Gasteiger partial charge in [-0.15, -0.1) is 0 Å². The molecule has 104 valence electrons. The minimum atomic E-state index is -0.397. The second-order valence-corrected chi connectivity index (χ2v) is 5.02. The molecule has 1 aromatic heterocycles. The Balaban J connectivity index is 2.20. The number of aryl methyl sites for hydroxylation is 1. The van der Waals surface area contributed by atoms with Crippen molar-refractivity contribution >= 4 is 11.8 Å². The first-order chi connectivity index (χ1) is 9.04. The average molecular weight is 264 g/mol. The number of nitrogens with zero attached hydrogens (tertiary/aromatic N) is 1. The first-order valence-electron chi connectivity index (χ1n) is 6.57. The molecule has 1 aliphatic heterocycles. The van der Waals surface area contributed by atoms with Crippen molar-refractivity contribution in [1.82, 2.24) is 9.88 Å². The second kappa shape index (κ2) is 5.57. The van der Waals surface area contributed by atoms with Crippen molar-refractivity contribution < 1.29 is 14.3 Å². The summed E-state index contributed by atoms with van der Waals surface area (Å²) in [5.74, 6) is -0.357. The number of nitrogens with one attached hydrogen (secondary N) is 1. The smallest absolute Gasteiger partial charge is 0.339 e. The van der Waals surface area contributed by atoms with Crippen LogP contribution in [0.15, 0.2) is 0 Å². The van der Waals surface area contributed by atoms with Crippen molar-refractivity contribution in [2.45, 2.75) is 26.7 Å². The van der Waals surface area contributed by atoms with E-state index in [1.165, 1.54) is 7.11 Å². The van der Waals surface area contributed by atoms with Crippen LogP contribution in [0, 0.1) is 13.8 Å². The van der Waals surface area contributed by atoms with Crippen molar-refractivity contribution in [3.05, 3.63) is 22.5 Å². The molecule has 0 bridgehead atoms. The van der Waals surface area contributed by atoms with Gasteiger partial charge in [-0.05, 0) is 45.3 Å². The van der Waals surface area contributed by atoms with E-state index >= 15 is 0 Å². The standard InChI is InChI=1S/C14H20N2O3/c1-9-12(14(18)19-3)10(2)15-13(9)11(17)8-16-6-4-5-7-16/h15H,4-8H2,1-3H3. The van der Waals surface area contributed by atoms with E-state index in [9.17, 15) is 9.59 Å². The van der Waals surface area contributed by atoms with Gasteiger partial charge in [0.2, 0.25) is 0 Å². The van der Waals surface area contributed by atoms with Crippen LogP contribution in [0.25, 0.3) is 0 Å². The van der Waals surface area contributed by atoms with Gasteiger partial charge in [0.25, 0.3) is 0 Å². The highest BCUT2D eigenvalue weighted by molar-refractivity contribution is 6.02. The largest absolute Gasteiger partial charge is 0.465 e. The van der Waals surface area contributed by atoms with E-state index in [-0.39, 0.29) is 5.78 Å². The Morgan fingerprint density at radius 3 is 2.47 bits per heavy atom. The van der Waals surface area contributed by atoms with Crippen LogP contribution in [0.4, 0.5) is 0 Å². The Bertz CT molecular complexity index is 499. The van der Waals surface area contributed by atoms with E-state index in [0.29, 0.717) is 29.1 Å². The fourth-order valence-electron chi connectivity index (χ4n) is 2.66. The fourth-order valence-corrected chi connectivity index (χ4v) is 2.66. The molecule has 0 saturated carbocycles. The predicted molar refractivity (Wildman–Crippen MR) is 71.6 cm³/mol. The molecular formula is C14H20N2O3. The molecule has 5 nitrogen and oxygen atoms in total. The summed E-state index contributed by atoms with van der Waals surface area (Å²) in [7, 11) is 1.35. The summed E-state index contributed by atoms with van der Waals surface area (Å²) in [6.07, 6.45) is 2.31. The molecule has 1 saturated heterocycles. The molecule has 2 rings (SSSR count). The Morgan fingerprint density at radius 2 is 1.89 bits per heavy atom. The number of hydrogen-bond acceptors (Lipinski definition) is 4. The predicted octanol–water partition coefficient (Wildman–Crippen LogP) is 1.70. The van der Waals surface area contributed by atoms with E-state index in [0.717, 1.165) is 25.9 Å². The summed E-state index contributed by atoms with van der Waals surface area (Å²) in [5, 5.41) is 0. The number of likely N-dealkylation sites (tertiary alicyclic amines) is 1. The maximum Gasteiger partial charge on any atom is 0.339 e. The molecule has 1 aliphatic rings. The molecule has 0 amide bonds. The number of H-pyrrole nitrogens is 1. The van der Waals surface area contributed by atoms with Gasteiger partial charge < -0.3 is 9.72 Å². The van der Waals surface area contributed by atoms with Gasteiger partial charge in [0.1, 0.15) is 0 Å². The zero-order valence-corrected chi connectivity index (χ0v) is 11.7. The van der Waals surface area contributed by atoms with Crippen LogP contribution in [0.5, 0.6) is 0 Å². The van der Waals surface area contributed by atoms with Gasteiger partial charge in [-0.2, -0.15) is 0 Å². The van der Waals surface area contributed by atoms with Gasteiger partial charge in [-0.3, -0.25) is 9.69 Å². The van der Waals surface area contributed by atoms with Crippen LogP contribution in [-0.4, -0.2) is 48.4 Å². The molecule has 1 fully saturated rings. The van der Waals surface area contributed by atoms with Crippen molar-refractivity contribution in [3.8, 4) is 0 Å². The van der Waals surface area contributed by atoms with Crippen LogP contribution in [0.3, 0.4) is 0 Å². The Hall–Kier alpha value is -1.62. The first-order valence-corrected chi connectivity index (χ1v) is 6.57. The number of hydrogen-bond donors (Lipinski definition) is 1. The second-order valence-electron chi connectivity index (χ2n) is 5.02. The summed E-state index contributed by atoms with van der Waals surface area (Å²) in [6, 6.07) is 0. The molecule has 0 spiro atoms. The van der Waals surface area contributed by atoms with Crippen LogP contribution in [0.1, 0.15) is 44.9 Å². The third-order valence-corrected chi connectivity index (χ3v) is 3.67. The number of ether oxygens (including phenoxy) is 1. The highest BCUT2D eigenvalue weighted by Gasteiger charge is 2.24. The number of methoxy groups -OCH3 is 1. The number of carbonyl (C=O) groups excluding carboxylic acids is 2. The SMILES string of the molecule is COC(=O)c1c(C)[nH]c(C(=O)CN2CCCC2)c1C. The number of aromatic nitrogens is 1. The van der Waals surface area contributed by atoms with Gasteiger partial charge in [0.15, 0.2) is 5.78 Å². The Labute approximate surface area is 112 Å². The van der Waals surface area contributed by atoms with E-state index in [1.807, 2.05) is 0 Å². The zero-order chi connectivity index (χ0) is 14.0. The lowest BCUT2D eigenvalue weighted by atomic mass is 10.1. The third-order valence-electron chi connectivity index (χ3n) is 3.67. The maximum absolute atomic E-state index is 12.3. The highest BCUT2D eigenvalue weighted by atomic mass is 16.5. The quantitative estimate of drug-likeness (QED) is 0.664. The summed E-state index contributed by atoms with van der Waals surface area (Å²) in [6.45, 7) is 5.95. The summed E-state index contributed by atoms with van der Waals surface area (Å²) in [5.41, 5.74) is 2.39. The number of ketones is 1. The molecule has 2 heterocycles. The van der Waals surface area contributed by atoms with Crippen LogP contribution < -0.4 is 0 Å². The van der Waals surface area contributed by atoms with E-state index in [4.69, 9.17) is 4.74 Å². The number of rotatable bonds is 4. The van der Waals surface area contributed by atoms with Crippen molar-refractivity contribution in [2.24, 2.45) is 0 Å². The highest BCUT2D eigenvalue weighted by Crippen LogP contribution is 2.20. The molecule has 0 radical (unpaired) electrons. The van der Waals surface area contributed by atoms with Crippen molar-refractivity contribution in [3.63, 3.8) is 0 Å². The summed E-state index contributed by atoms with van der Waals surface area (Å²) >= 11 is 0. The third kappa shape index (κ3) is 2.71. The van der Waals surface area contributed by atoms with Gasteiger partial charge in [-0.1, -0.05) is 0 Å². The molecule has 0 unspecified atom stereocenters. The molecule has 0 aliphatic carbocycles. The Morgan fingerprint density at radius 1 is 1.26 bits per heavy atom. The molecule has 5 heteroatoms. The molecule has 1 N–H and O–H groups in total. The summed E-state index contributed by atoms with van der Waals surface area (Å²) in [4.78, 5) is 29.1. The maximum atomic E-state index is 12.3. The minimum absolute atomic E-state index is 0.0395. The first kappa shape index (κ1) is 13.8. The van der Waals surface area contributed by atoms with Gasteiger partial charge in [-0.25, -0.2) is 4.79 Å². The normalized spacial score (nSPS) is 15.7. The lowest BCUT2D eigenvalue weighted by Gasteiger charge is -2.12. The molecular weight excluding hydrogens is 244 g/mol. The topological polar surface area (TPSA) is 62.4 Å². The molecule has 0 aromatic carbocycles. The number of carbonyl (C=O) groups is 2. The van der Waals surface area contributed by atoms with Gasteiger partial charge in [0, 0.05) is 5.69 Å². The number of aromatic amines is 1. The number of esters is 1. The molecule has 1 aromatic rings. The molecule has 0 atom stereocenters. The van der Waals surface area contributed by atoms with E-state index < -0.39 is 5.97 Å². The van der Waals surface area contributed by atoms with E-state index in [2.05, 4.69) is 9.88 Å². The Kier molecular flexibility index (Phi) is 4.04. The van der Waals surface area contributed by atoms with Gasteiger partial charge in [0.05, 0.1) is 24.9 Å². The van der Waals surface area contributed by atoms with Crippen LogP contribution in [0.2, 0.25) is 0 Å². The minimum Gasteiger partial charge on any atom is -0.465 e. The average Bonchev–Trinajstić information content (AvgIpc) is 2.97. The fraction of sp³-hybridized carbons (Fsp3) is 0.571. The monoisotopic (exact) mass is 264 g/mol. The van der Waals surface area contributed by atoms with Gasteiger partial charge >= 0.3 is 5.97 Å². The lowest BCUT2D eigenvalue weighted by molar-refractivity contribution is 0.0599.